The van der Waals surface area contributed by atoms with Crippen molar-refractivity contribution in [3.8, 4) is 0 Å². The number of carbonyl (C=O) groups is 1. The molecular formula is C12H15IN2O4S. The van der Waals surface area contributed by atoms with E-state index in [1.54, 1.807) is 0 Å². The molecule has 0 spiro atoms. The average molecular weight is 410 g/mol. The molecule has 1 saturated heterocycles. The molecule has 0 radical (unpaired) electrons. The minimum absolute atomic E-state index is 0.0135. The molecule has 110 valence electrons. The Kier molecular flexibility index (Phi) is 4.99. The summed E-state index contributed by atoms with van der Waals surface area (Å²) >= 11 is 1.88. The molecule has 2 N–H and O–H groups in total. The zero-order valence-corrected chi connectivity index (χ0v) is 13.6. The molecule has 2 rings (SSSR count). The molecular weight excluding hydrogens is 395 g/mol. The molecule has 20 heavy (non-hydrogen) atoms. The van der Waals surface area contributed by atoms with Crippen molar-refractivity contribution in [2.24, 2.45) is 0 Å². The van der Waals surface area contributed by atoms with Crippen molar-refractivity contribution >= 4 is 38.6 Å². The monoisotopic (exact) mass is 410 g/mol. The molecule has 1 heterocycles. The number of hydrogen-bond donors (Lipinski definition) is 2. The van der Waals surface area contributed by atoms with Crippen LogP contribution in [-0.2, 0) is 10.0 Å². The van der Waals surface area contributed by atoms with Gasteiger partial charge in [0, 0.05) is 23.2 Å². The van der Waals surface area contributed by atoms with Gasteiger partial charge in [0.05, 0.1) is 10.5 Å². The topological polar surface area (TPSA) is 86.7 Å². The number of hydrogen-bond acceptors (Lipinski definition) is 4. The van der Waals surface area contributed by atoms with Crippen LogP contribution in [0.4, 0.5) is 0 Å². The van der Waals surface area contributed by atoms with Gasteiger partial charge in [-0.3, -0.25) is 0 Å². The normalized spacial score (nSPS) is 17.6. The lowest BCUT2D eigenvalue weighted by Crippen LogP contribution is -2.34. The summed E-state index contributed by atoms with van der Waals surface area (Å²) in [5.74, 6) is -1.12. The fourth-order valence-corrected chi connectivity index (χ4v) is 4.11. The van der Waals surface area contributed by atoms with Gasteiger partial charge in [-0.15, -0.1) is 0 Å². The van der Waals surface area contributed by atoms with E-state index < -0.39 is 16.0 Å². The maximum atomic E-state index is 12.5. The molecule has 0 unspecified atom stereocenters. The van der Waals surface area contributed by atoms with Gasteiger partial charge in [0.25, 0.3) is 0 Å². The van der Waals surface area contributed by atoms with Crippen LogP contribution in [0.2, 0.25) is 0 Å². The van der Waals surface area contributed by atoms with E-state index in [-0.39, 0.29) is 10.5 Å². The van der Waals surface area contributed by atoms with E-state index in [1.807, 2.05) is 22.6 Å². The summed E-state index contributed by atoms with van der Waals surface area (Å²) in [5, 5.41) is 12.2. The minimum Gasteiger partial charge on any atom is -0.478 e. The Morgan fingerprint density at radius 2 is 2.05 bits per heavy atom. The first-order valence-corrected chi connectivity index (χ1v) is 8.68. The van der Waals surface area contributed by atoms with Gasteiger partial charge in [0.1, 0.15) is 0 Å². The van der Waals surface area contributed by atoms with Crippen molar-refractivity contribution in [2.75, 3.05) is 26.2 Å². The molecule has 0 aromatic heterocycles. The molecule has 1 aliphatic heterocycles. The Labute approximate surface area is 131 Å². The predicted octanol–water partition coefficient (Wildman–Crippen LogP) is 0.973. The average Bonchev–Trinajstić information content (AvgIpc) is 2.67. The van der Waals surface area contributed by atoms with Crippen LogP contribution in [0.5, 0.6) is 0 Å². The fourth-order valence-electron chi connectivity index (χ4n) is 2.04. The molecule has 0 atom stereocenters. The second kappa shape index (κ2) is 6.37. The SMILES string of the molecule is O=C(O)c1cc(S(=O)(=O)N2CCCNCC2)ccc1I. The molecule has 1 aromatic carbocycles. The van der Waals surface area contributed by atoms with Crippen LogP contribution in [0.1, 0.15) is 16.8 Å². The Balaban J connectivity index is 2.38. The maximum absolute atomic E-state index is 12.5. The number of rotatable bonds is 3. The number of halogens is 1. The van der Waals surface area contributed by atoms with Crippen molar-refractivity contribution < 1.29 is 18.3 Å². The third-order valence-corrected chi connectivity index (χ3v) is 5.94. The zero-order valence-electron chi connectivity index (χ0n) is 10.7. The number of sulfonamides is 1. The Morgan fingerprint density at radius 1 is 1.30 bits per heavy atom. The third kappa shape index (κ3) is 3.30. The fraction of sp³-hybridized carbons (Fsp3) is 0.417. The number of benzene rings is 1. The van der Waals surface area contributed by atoms with Crippen LogP contribution in [0, 0.1) is 3.57 Å². The second-order valence-electron chi connectivity index (χ2n) is 4.45. The second-order valence-corrected chi connectivity index (χ2v) is 7.55. The largest absolute Gasteiger partial charge is 0.478 e. The van der Waals surface area contributed by atoms with Gasteiger partial charge in [-0.25, -0.2) is 13.2 Å². The number of nitrogens with zero attached hydrogens (tertiary/aromatic N) is 1. The van der Waals surface area contributed by atoms with Crippen LogP contribution >= 0.6 is 22.6 Å². The van der Waals surface area contributed by atoms with E-state index in [2.05, 4.69) is 5.32 Å². The first-order valence-electron chi connectivity index (χ1n) is 6.16. The van der Waals surface area contributed by atoms with Crippen LogP contribution < -0.4 is 5.32 Å². The zero-order chi connectivity index (χ0) is 14.8. The Hall–Kier alpha value is -0.710. The van der Waals surface area contributed by atoms with Crippen molar-refractivity contribution in [1.82, 2.24) is 9.62 Å². The number of aromatic carboxylic acids is 1. The lowest BCUT2D eigenvalue weighted by atomic mass is 10.2. The van der Waals surface area contributed by atoms with E-state index in [0.29, 0.717) is 23.2 Å². The summed E-state index contributed by atoms with van der Waals surface area (Å²) in [6.45, 7) is 2.24. The molecule has 0 amide bonds. The summed E-state index contributed by atoms with van der Waals surface area (Å²) in [7, 11) is -3.63. The van der Waals surface area contributed by atoms with Gasteiger partial charge < -0.3 is 10.4 Å². The number of nitrogens with one attached hydrogen (secondary N) is 1. The van der Waals surface area contributed by atoms with E-state index in [1.165, 1.54) is 22.5 Å². The first-order chi connectivity index (χ1) is 9.43. The van der Waals surface area contributed by atoms with Crippen LogP contribution in [0.15, 0.2) is 23.1 Å². The Bertz CT molecular complexity index is 610. The highest BCUT2D eigenvalue weighted by atomic mass is 127. The van der Waals surface area contributed by atoms with Crippen molar-refractivity contribution in [2.45, 2.75) is 11.3 Å². The minimum atomic E-state index is -3.63. The van der Waals surface area contributed by atoms with Gasteiger partial charge >= 0.3 is 5.97 Å². The summed E-state index contributed by atoms with van der Waals surface area (Å²) in [6, 6.07) is 4.21. The highest BCUT2D eigenvalue weighted by Crippen LogP contribution is 2.21. The molecule has 0 saturated carbocycles. The van der Waals surface area contributed by atoms with E-state index in [0.717, 1.165) is 13.0 Å². The first kappa shape index (κ1) is 15.7. The van der Waals surface area contributed by atoms with E-state index in [9.17, 15) is 13.2 Å². The van der Waals surface area contributed by atoms with Gasteiger partial charge in [-0.2, -0.15) is 4.31 Å². The number of carboxylic acids is 1. The molecule has 8 heteroatoms. The summed E-state index contributed by atoms with van der Waals surface area (Å²) in [6.07, 6.45) is 0.745. The summed E-state index contributed by atoms with van der Waals surface area (Å²) in [4.78, 5) is 11.1. The van der Waals surface area contributed by atoms with Crippen molar-refractivity contribution in [3.63, 3.8) is 0 Å². The summed E-state index contributed by atoms with van der Waals surface area (Å²) in [5.41, 5.74) is 0.0135. The number of carboxylic acid groups (broad SMARTS) is 1. The van der Waals surface area contributed by atoms with Crippen molar-refractivity contribution in [3.05, 3.63) is 27.3 Å². The van der Waals surface area contributed by atoms with Crippen molar-refractivity contribution in [1.29, 1.82) is 0 Å². The molecule has 0 bridgehead atoms. The molecule has 6 nitrogen and oxygen atoms in total. The van der Waals surface area contributed by atoms with Crippen LogP contribution in [0.3, 0.4) is 0 Å². The predicted molar refractivity (Wildman–Crippen MR) is 82.4 cm³/mol. The van der Waals surface area contributed by atoms with Gasteiger partial charge in [0.15, 0.2) is 0 Å². The quantitative estimate of drug-likeness (QED) is 0.726. The standard InChI is InChI=1S/C12H15IN2O4S/c13-11-3-2-9(8-10(11)12(16)17)20(18,19)15-6-1-4-14-5-7-15/h2-3,8,14H,1,4-7H2,(H,16,17). The Morgan fingerprint density at radius 3 is 2.75 bits per heavy atom. The summed E-state index contributed by atoms with van der Waals surface area (Å²) < 4.78 is 27.0. The molecule has 1 aliphatic rings. The third-order valence-electron chi connectivity index (χ3n) is 3.11. The van der Waals surface area contributed by atoms with Crippen LogP contribution in [-0.4, -0.2) is 50.0 Å². The van der Waals surface area contributed by atoms with Crippen LogP contribution in [0.25, 0.3) is 0 Å². The van der Waals surface area contributed by atoms with E-state index >= 15 is 0 Å². The molecule has 0 aliphatic carbocycles. The van der Waals surface area contributed by atoms with Gasteiger partial charge in [-0.05, 0) is 53.8 Å². The lowest BCUT2D eigenvalue weighted by Gasteiger charge is -2.20. The highest BCUT2D eigenvalue weighted by molar-refractivity contribution is 14.1. The highest BCUT2D eigenvalue weighted by Gasteiger charge is 2.26. The van der Waals surface area contributed by atoms with Gasteiger partial charge in [0.2, 0.25) is 10.0 Å². The molecule has 1 aromatic rings. The maximum Gasteiger partial charge on any atom is 0.336 e. The molecule has 1 fully saturated rings. The van der Waals surface area contributed by atoms with E-state index in [4.69, 9.17) is 5.11 Å². The lowest BCUT2D eigenvalue weighted by molar-refractivity contribution is 0.0695. The van der Waals surface area contributed by atoms with Gasteiger partial charge in [-0.1, -0.05) is 0 Å². The smallest absolute Gasteiger partial charge is 0.336 e.